The lowest BCUT2D eigenvalue weighted by Gasteiger charge is -2.32. The number of carbonyl (C=O) groups is 2. The number of carbonyl (C=O) groups excluding carboxylic acids is 2. The fraction of sp³-hybridized carbons (Fsp3) is 0.636. The minimum absolute atomic E-state index is 0.00691. The average Bonchev–Trinajstić information content (AvgIpc) is 2.66. The van der Waals surface area contributed by atoms with Crippen LogP contribution in [-0.2, 0) is 16.0 Å². The molecule has 1 aliphatic rings. The third-order valence-corrected chi connectivity index (χ3v) is 5.27. The molecule has 1 heterocycles. The maximum absolute atomic E-state index is 12.3. The first-order valence-corrected chi connectivity index (χ1v) is 9.98. The molecule has 1 aromatic rings. The van der Waals surface area contributed by atoms with E-state index in [1.54, 1.807) is 7.11 Å². The quantitative estimate of drug-likeness (QED) is 0.796. The highest BCUT2D eigenvalue weighted by Crippen LogP contribution is 2.23. The molecule has 1 fully saturated rings. The SMILES string of the molecule is COc1ccc(CCC2CCN(C(=O)CCNC(=O)C(C)(C)C)CC2)cc1. The largest absolute Gasteiger partial charge is 0.497 e. The second-order valence-electron chi connectivity index (χ2n) is 8.47. The standard InChI is InChI=1S/C22H34N2O3/c1-22(2,3)21(26)23-14-11-20(25)24-15-12-18(13-16-24)6-5-17-7-9-19(27-4)10-8-17/h7-10,18H,5-6,11-16H2,1-4H3,(H,23,26). The van der Waals surface area contributed by atoms with Crippen LogP contribution in [0.5, 0.6) is 5.75 Å². The van der Waals surface area contributed by atoms with E-state index in [1.165, 1.54) is 5.56 Å². The molecule has 0 spiro atoms. The molecule has 150 valence electrons. The van der Waals surface area contributed by atoms with Crippen LogP contribution < -0.4 is 10.1 Å². The van der Waals surface area contributed by atoms with Gasteiger partial charge in [-0.2, -0.15) is 0 Å². The van der Waals surface area contributed by atoms with Crippen molar-refractivity contribution in [2.24, 2.45) is 11.3 Å². The molecule has 27 heavy (non-hydrogen) atoms. The lowest BCUT2D eigenvalue weighted by atomic mass is 9.90. The van der Waals surface area contributed by atoms with E-state index in [2.05, 4.69) is 17.4 Å². The van der Waals surface area contributed by atoms with E-state index in [9.17, 15) is 9.59 Å². The Balaban J connectivity index is 1.65. The number of nitrogens with zero attached hydrogens (tertiary/aromatic N) is 1. The second kappa shape index (κ2) is 9.77. The average molecular weight is 375 g/mol. The summed E-state index contributed by atoms with van der Waals surface area (Å²) in [5.74, 6) is 1.71. The van der Waals surface area contributed by atoms with Crippen LogP contribution in [0.15, 0.2) is 24.3 Å². The molecule has 5 nitrogen and oxygen atoms in total. The molecule has 2 amide bonds. The first-order chi connectivity index (χ1) is 12.8. The Kier molecular flexibility index (Phi) is 7.69. The molecular formula is C22H34N2O3. The van der Waals surface area contributed by atoms with Crippen LogP contribution >= 0.6 is 0 Å². The van der Waals surface area contributed by atoms with Crippen LogP contribution in [0.3, 0.4) is 0 Å². The van der Waals surface area contributed by atoms with Crippen LogP contribution in [0.1, 0.15) is 52.0 Å². The Morgan fingerprint density at radius 2 is 1.78 bits per heavy atom. The molecular weight excluding hydrogens is 340 g/mol. The minimum atomic E-state index is -0.411. The molecule has 0 radical (unpaired) electrons. The van der Waals surface area contributed by atoms with Gasteiger partial charge in [0.2, 0.25) is 11.8 Å². The molecule has 0 aliphatic carbocycles. The summed E-state index contributed by atoms with van der Waals surface area (Å²) in [6, 6.07) is 8.27. The van der Waals surface area contributed by atoms with E-state index in [0.717, 1.165) is 44.5 Å². The normalized spacial score (nSPS) is 15.5. The van der Waals surface area contributed by atoms with Gasteiger partial charge in [0.05, 0.1) is 7.11 Å². The third kappa shape index (κ3) is 6.89. The van der Waals surface area contributed by atoms with Gasteiger partial charge in [-0.1, -0.05) is 32.9 Å². The van der Waals surface area contributed by atoms with E-state index in [1.807, 2.05) is 37.8 Å². The number of ether oxygens (including phenoxy) is 1. The zero-order chi connectivity index (χ0) is 19.9. The summed E-state index contributed by atoms with van der Waals surface area (Å²) in [7, 11) is 1.68. The van der Waals surface area contributed by atoms with E-state index in [-0.39, 0.29) is 11.8 Å². The number of aryl methyl sites for hydroxylation is 1. The lowest BCUT2D eigenvalue weighted by Crippen LogP contribution is -2.41. The van der Waals surface area contributed by atoms with Crippen molar-refractivity contribution in [3.63, 3.8) is 0 Å². The number of rotatable bonds is 7. The number of hydrogen-bond donors (Lipinski definition) is 1. The van der Waals surface area contributed by atoms with Gasteiger partial charge in [-0.3, -0.25) is 9.59 Å². The predicted molar refractivity (Wildman–Crippen MR) is 108 cm³/mol. The maximum atomic E-state index is 12.3. The summed E-state index contributed by atoms with van der Waals surface area (Å²) in [5, 5.41) is 2.85. The highest BCUT2D eigenvalue weighted by atomic mass is 16.5. The topological polar surface area (TPSA) is 58.6 Å². The monoisotopic (exact) mass is 374 g/mol. The number of hydrogen-bond acceptors (Lipinski definition) is 3. The van der Waals surface area contributed by atoms with E-state index in [4.69, 9.17) is 4.74 Å². The molecule has 5 heteroatoms. The fourth-order valence-corrected chi connectivity index (χ4v) is 3.34. The van der Waals surface area contributed by atoms with Gasteiger partial charge in [0.25, 0.3) is 0 Å². The van der Waals surface area contributed by atoms with E-state index < -0.39 is 5.41 Å². The van der Waals surface area contributed by atoms with Crippen molar-refractivity contribution in [1.82, 2.24) is 10.2 Å². The third-order valence-electron chi connectivity index (χ3n) is 5.27. The number of benzene rings is 1. The van der Waals surface area contributed by atoms with Gasteiger partial charge in [0.1, 0.15) is 5.75 Å². The number of nitrogens with one attached hydrogen (secondary N) is 1. The van der Waals surface area contributed by atoms with Crippen LogP contribution in [0.2, 0.25) is 0 Å². The molecule has 1 N–H and O–H groups in total. The highest BCUT2D eigenvalue weighted by Gasteiger charge is 2.24. The molecule has 1 aromatic carbocycles. The molecule has 0 unspecified atom stereocenters. The number of piperidine rings is 1. The van der Waals surface area contributed by atoms with Crippen molar-refractivity contribution < 1.29 is 14.3 Å². The zero-order valence-corrected chi connectivity index (χ0v) is 17.2. The first kappa shape index (κ1) is 21.3. The van der Waals surface area contributed by atoms with E-state index in [0.29, 0.717) is 18.9 Å². The smallest absolute Gasteiger partial charge is 0.225 e. The number of likely N-dealkylation sites (tertiary alicyclic amines) is 1. The van der Waals surface area contributed by atoms with Gasteiger partial charge >= 0.3 is 0 Å². The molecule has 0 saturated carbocycles. The van der Waals surface area contributed by atoms with Crippen molar-refractivity contribution in [3.05, 3.63) is 29.8 Å². The van der Waals surface area contributed by atoms with Gasteiger partial charge < -0.3 is 15.0 Å². The number of methoxy groups -OCH3 is 1. The van der Waals surface area contributed by atoms with Crippen LogP contribution in [0.4, 0.5) is 0 Å². The van der Waals surface area contributed by atoms with Crippen molar-refractivity contribution in [2.75, 3.05) is 26.7 Å². The van der Waals surface area contributed by atoms with Gasteiger partial charge in [-0.05, 0) is 49.3 Å². The van der Waals surface area contributed by atoms with Crippen molar-refractivity contribution in [3.8, 4) is 5.75 Å². The molecule has 1 saturated heterocycles. The molecule has 2 rings (SSSR count). The molecule has 0 aromatic heterocycles. The minimum Gasteiger partial charge on any atom is -0.497 e. The summed E-state index contributed by atoms with van der Waals surface area (Å²) in [5.41, 5.74) is 0.926. The Labute approximate surface area is 163 Å². The zero-order valence-electron chi connectivity index (χ0n) is 17.2. The van der Waals surface area contributed by atoms with E-state index >= 15 is 0 Å². The van der Waals surface area contributed by atoms with Gasteiger partial charge in [0, 0.05) is 31.5 Å². The van der Waals surface area contributed by atoms with Crippen LogP contribution in [0.25, 0.3) is 0 Å². The van der Waals surface area contributed by atoms with Crippen molar-refractivity contribution >= 4 is 11.8 Å². The Hall–Kier alpha value is -2.04. The van der Waals surface area contributed by atoms with Gasteiger partial charge in [-0.25, -0.2) is 0 Å². The summed E-state index contributed by atoms with van der Waals surface area (Å²) < 4.78 is 5.19. The predicted octanol–water partition coefficient (Wildman–Crippen LogP) is 3.42. The summed E-state index contributed by atoms with van der Waals surface area (Å²) in [4.78, 5) is 26.1. The fourth-order valence-electron chi connectivity index (χ4n) is 3.34. The molecule has 1 aliphatic heterocycles. The Morgan fingerprint density at radius 3 is 2.33 bits per heavy atom. The molecule has 0 atom stereocenters. The summed E-state index contributed by atoms with van der Waals surface area (Å²) in [6.07, 6.45) is 4.75. The van der Waals surface area contributed by atoms with Crippen molar-refractivity contribution in [2.45, 2.75) is 52.9 Å². The Bertz CT molecular complexity index is 611. The van der Waals surface area contributed by atoms with Crippen LogP contribution in [0, 0.1) is 11.3 Å². The number of amides is 2. The van der Waals surface area contributed by atoms with Gasteiger partial charge in [-0.15, -0.1) is 0 Å². The summed E-state index contributed by atoms with van der Waals surface area (Å²) >= 11 is 0. The lowest BCUT2D eigenvalue weighted by molar-refractivity contribution is -0.133. The first-order valence-electron chi connectivity index (χ1n) is 9.98. The van der Waals surface area contributed by atoms with Gasteiger partial charge in [0.15, 0.2) is 0 Å². The second-order valence-corrected chi connectivity index (χ2v) is 8.47. The van der Waals surface area contributed by atoms with Crippen LogP contribution in [-0.4, -0.2) is 43.5 Å². The Morgan fingerprint density at radius 1 is 1.15 bits per heavy atom. The highest BCUT2D eigenvalue weighted by molar-refractivity contribution is 5.82. The maximum Gasteiger partial charge on any atom is 0.225 e. The molecule has 0 bridgehead atoms. The summed E-state index contributed by atoms with van der Waals surface area (Å²) in [6.45, 7) is 7.72. The van der Waals surface area contributed by atoms with Crippen molar-refractivity contribution in [1.29, 1.82) is 0 Å².